The quantitative estimate of drug-likeness (QED) is 0.675. The normalized spacial score (nSPS) is 10.0. The molecule has 0 atom stereocenters. The molecule has 0 aliphatic carbocycles. The highest BCUT2D eigenvalue weighted by molar-refractivity contribution is 9.09. The van der Waals surface area contributed by atoms with Crippen molar-refractivity contribution in [2.45, 2.75) is 12.8 Å². The predicted molar refractivity (Wildman–Crippen MR) is 53.0 cm³/mol. The first-order valence-corrected chi connectivity index (χ1v) is 4.92. The lowest BCUT2D eigenvalue weighted by atomic mass is 10.1. The van der Waals surface area contributed by atoms with Crippen molar-refractivity contribution in [3.05, 3.63) is 42.3 Å². The summed E-state index contributed by atoms with van der Waals surface area (Å²) >= 11 is 3.41. The van der Waals surface area contributed by atoms with Crippen molar-refractivity contribution in [2.24, 2.45) is 0 Å². The highest BCUT2D eigenvalue weighted by Crippen LogP contribution is 2.09. The van der Waals surface area contributed by atoms with E-state index in [2.05, 4.69) is 41.1 Å². The van der Waals surface area contributed by atoms with E-state index < -0.39 is 0 Å². The van der Waals surface area contributed by atoms with E-state index in [9.17, 15) is 0 Å². The van der Waals surface area contributed by atoms with Crippen molar-refractivity contribution >= 4 is 15.9 Å². The maximum atomic E-state index is 3.96. The van der Waals surface area contributed by atoms with Crippen molar-refractivity contribution in [1.29, 1.82) is 0 Å². The second-order valence-electron chi connectivity index (χ2n) is 2.56. The largest absolute Gasteiger partial charge is 0.0928 e. The molecule has 0 spiro atoms. The third kappa shape index (κ3) is 2.66. The average molecular weight is 212 g/mol. The Hall–Kier alpha value is -0.300. The molecule has 0 fully saturated rings. The molecule has 59 valence electrons. The van der Waals surface area contributed by atoms with Gasteiger partial charge >= 0.3 is 0 Å². The van der Waals surface area contributed by atoms with Gasteiger partial charge in [0.1, 0.15) is 0 Å². The minimum absolute atomic E-state index is 1.07. The van der Waals surface area contributed by atoms with Gasteiger partial charge in [0.2, 0.25) is 0 Å². The molecule has 0 saturated heterocycles. The average Bonchev–Trinajstić information content (AvgIpc) is 2.03. The van der Waals surface area contributed by atoms with Crippen molar-refractivity contribution in [3.8, 4) is 0 Å². The molecular weight excluding hydrogens is 200 g/mol. The fourth-order valence-electron chi connectivity index (χ4n) is 1.06. The van der Waals surface area contributed by atoms with Crippen molar-refractivity contribution in [2.75, 3.05) is 5.33 Å². The minimum atomic E-state index is 1.07. The zero-order valence-corrected chi connectivity index (χ0v) is 8.10. The molecule has 1 heteroatoms. The third-order valence-corrected chi connectivity index (χ3v) is 2.26. The van der Waals surface area contributed by atoms with Gasteiger partial charge in [0.15, 0.2) is 0 Å². The van der Waals surface area contributed by atoms with E-state index in [1.807, 2.05) is 6.07 Å². The first kappa shape index (κ1) is 8.79. The van der Waals surface area contributed by atoms with E-state index in [0.29, 0.717) is 0 Å². The van der Waals surface area contributed by atoms with Crippen molar-refractivity contribution in [1.82, 2.24) is 0 Å². The van der Waals surface area contributed by atoms with Crippen LogP contribution in [0.25, 0.3) is 0 Å². The van der Waals surface area contributed by atoms with Gasteiger partial charge in [-0.3, -0.25) is 0 Å². The van der Waals surface area contributed by atoms with Gasteiger partial charge < -0.3 is 0 Å². The van der Waals surface area contributed by atoms with E-state index in [1.165, 1.54) is 12.0 Å². The fraction of sp³-hybridized carbons (Fsp3) is 0.300. The number of rotatable bonds is 3. The Morgan fingerprint density at radius 2 is 2.00 bits per heavy atom. The Morgan fingerprint density at radius 3 is 2.64 bits per heavy atom. The summed E-state index contributed by atoms with van der Waals surface area (Å²) in [7, 11) is 0. The highest BCUT2D eigenvalue weighted by Gasteiger charge is 1.94. The van der Waals surface area contributed by atoms with Gasteiger partial charge in [0.25, 0.3) is 0 Å². The van der Waals surface area contributed by atoms with Crippen LogP contribution in [-0.4, -0.2) is 5.33 Å². The maximum absolute atomic E-state index is 3.96. The lowest BCUT2D eigenvalue weighted by Gasteiger charge is -2.02. The molecule has 1 aromatic rings. The highest BCUT2D eigenvalue weighted by atomic mass is 79.9. The number of benzene rings is 1. The molecular formula is C10H12Br. The van der Waals surface area contributed by atoms with Gasteiger partial charge in [-0.15, -0.1) is 0 Å². The van der Waals surface area contributed by atoms with E-state index in [4.69, 9.17) is 0 Å². The first-order valence-electron chi connectivity index (χ1n) is 3.80. The smallest absolute Gasteiger partial charge is 0.00344 e. The minimum Gasteiger partial charge on any atom is -0.0928 e. The molecule has 0 heterocycles. The standard InChI is InChI=1S/C10H12Br/c1-9-5-2-3-6-10(9)7-4-8-11/h2-3,5-6H,1,4,7-8H2. The van der Waals surface area contributed by atoms with Crippen LogP contribution in [0.15, 0.2) is 24.3 Å². The van der Waals surface area contributed by atoms with Crippen molar-refractivity contribution < 1.29 is 0 Å². The SMILES string of the molecule is [CH2]c1ccccc1CCCBr. The number of hydrogen-bond acceptors (Lipinski definition) is 0. The van der Waals surface area contributed by atoms with Crippen molar-refractivity contribution in [3.63, 3.8) is 0 Å². The van der Waals surface area contributed by atoms with Crippen LogP contribution in [0.3, 0.4) is 0 Å². The number of aryl methyl sites for hydroxylation is 1. The topological polar surface area (TPSA) is 0 Å². The Bertz CT molecular complexity index is 218. The van der Waals surface area contributed by atoms with Gasteiger partial charge in [-0.25, -0.2) is 0 Å². The number of alkyl halides is 1. The van der Waals surface area contributed by atoms with E-state index in [1.54, 1.807) is 0 Å². The van der Waals surface area contributed by atoms with Crippen LogP contribution in [0.4, 0.5) is 0 Å². The van der Waals surface area contributed by atoms with Crippen LogP contribution in [0.2, 0.25) is 0 Å². The molecule has 0 nitrogen and oxygen atoms in total. The summed E-state index contributed by atoms with van der Waals surface area (Å²) in [5, 5.41) is 1.07. The lowest BCUT2D eigenvalue weighted by Crippen LogP contribution is -1.88. The Morgan fingerprint density at radius 1 is 1.27 bits per heavy atom. The summed E-state index contributed by atoms with van der Waals surface area (Å²) in [6.45, 7) is 3.96. The zero-order valence-electron chi connectivity index (χ0n) is 6.52. The molecule has 11 heavy (non-hydrogen) atoms. The molecule has 1 aromatic carbocycles. The van der Waals surface area contributed by atoms with Gasteiger partial charge in [-0.05, 0) is 30.9 Å². The zero-order chi connectivity index (χ0) is 8.10. The van der Waals surface area contributed by atoms with Crippen LogP contribution in [-0.2, 0) is 6.42 Å². The molecule has 0 aliphatic heterocycles. The number of halogens is 1. The molecule has 0 aromatic heterocycles. The van der Waals surface area contributed by atoms with Crippen LogP contribution in [0, 0.1) is 6.92 Å². The van der Waals surface area contributed by atoms with Crippen LogP contribution in [0.1, 0.15) is 17.5 Å². The number of hydrogen-bond donors (Lipinski definition) is 0. The second kappa shape index (κ2) is 4.55. The second-order valence-corrected chi connectivity index (χ2v) is 3.35. The third-order valence-electron chi connectivity index (χ3n) is 1.70. The van der Waals surface area contributed by atoms with E-state index >= 15 is 0 Å². The van der Waals surface area contributed by atoms with Crippen LogP contribution < -0.4 is 0 Å². The summed E-state index contributed by atoms with van der Waals surface area (Å²) < 4.78 is 0. The molecule has 0 aliphatic rings. The molecule has 0 amide bonds. The summed E-state index contributed by atoms with van der Waals surface area (Å²) in [5.74, 6) is 0. The Kier molecular flexibility index (Phi) is 3.64. The summed E-state index contributed by atoms with van der Waals surface area (Å²) in [6.07, 6.45) is 2.32. The van der Waals surface area contributed by atoms with Gasteiger partial charge in [-0.2, -0.15) is 0 Å². The van der Waals surface area contributed by atoms with E-state index in [-0.39, 0.29) is 0 Å². The predicted octanol–water partition coefficient (Wildman–Crippen LogP) is 3.20. The molecule has 0 saturated carbocycles. The van der Waals surface area contributed by atoms with E-state index in [0.717, 1.165) is 17.3 Å². The lowest BCUT2D eigenvalue weighted by molar-refractivity contribution is 0.935. The fourth-order valence-corrected chi connectivity index (χ4v) is 1.34. The van der Waals surface area contributed by atoms with Crippen LogP contribution in [0.5, 0.6) is 0 Å². The summed E-state index contributed by atoms with van der Waals surface area (Å²) in [6, 6.07) is 8.30. The molecule has 1 radical (unpaired) electrons. The van der Waals surface area contributed by atoms with Gasteiger partial charge in [0.05, 0.1) is 0 Å². The Labute approximate surface area is 76.8 Å². The van der Waals surface area contributed by atoms with Gasteiger partial charge in [0, 0.05) is 5.33 Å². The maximum Gasteiger partial charge on any atom is 0.00344 e. The summed E-state index contributed by atoms with van der Waals surface area (Å²) in [4.78, 5) is 0. The van der Waals surface area contributed by atoms with Gasteiger partial charge in [-0.1, -0.05) is 40.2 Å². The molecule has 0 bridgehead atoms. The molecule has 1 rings (SSSR count). The monoisotopic (exact) mass is 211 g/mol. The molecule has 0 unspecified atom stereocenters. The summed E-state index contributed by atoms with van der Waals surface area (Å²) in [5.41, 5.74) is 2.53. The first-order chi connectivity index (χ1) is 5.34. The van der Waals surface area contributed by atoms with Crippen LogP contribution >= 0.6 is 15.9 Å². The Balaban J connectivity index is 2.62. The molecule has 0 N–H and O–H groups in total.